The number of thioether (sulfide) groups is 1. The van der Waals surface area contributed by atoms with Crippen molar-refractivity contribution in [2.75, 3.05) is 13.1 Å². The summed E-state index contributed by atoms with van der Waals surface area (Å²) >= 11 is 1.04. The summed E-state index contributed by atoms with van der Waals surface area (Å²) in [6.07, 6.45) is -5.58. The first-order chi connectivity index (χ1) is 15.6. The number of allylic oxidation sites excluding steroid dienone is 2. The van der Waals surface area contributed by atoms with Gasteiger partial charge in [0.1, 0.15) is 0 Å². The highest BCUT2D eigenvalue weighted by molar-refractivity contribution is 8.18. The number of aliphatic hydroxyl groups is 1. The van der Waals surface area contributed by atoms with Gasteiger partial charge in [-0.15, -0.1) is 0 Å². The molecule has 3 rings (SSSR count). The zero-order valence-electron chi connectivity index (χ0n) is 18.8. The molecule has 0 atom stereocenters. The average molecular weight is 509 g/mol. The number of rotatable bonds is 6. The first-order valence-electron chi connectivity index (χ1n) is 10.9. The molecule has 1 saturated heterocycles. The van der Waals surface area contributed by atoms with Crippen LogP contribution in [0.3, 0.4) is 0 Å². The van der Waals surface area contributed by atoms with Gasteiger partial charge in [-0.05, 0) is 88.0 Å². The van der Waals surface area contributed by atoms with Crippen molar-refractivity contribution in [3.8, 4) is 0 Å². The quantitative estimate of drug-likeness (QED) is 0.436. The molecule has 0 bridgehead atoms. The number of likely N-dealkylation sites (tertiary alicyclic amines) is 1. The molecule has 0 unspecified atom stereocenters. The largest absolute Gasteiger partial charge is 0.416 e. The van der Waals surface area contributed by atoms with Crippen molar-refractivity contribution in [2.24, 2.45) is 10.9 Å². The highest BCUT2D eigenvalue weighted by atomic mass is 32.2. The third-order valence-electron chi connectivity index (χ3n) is 5.84. The standard InChI is InChI=1S/C23H26F6N2O2S/c1-21(2,33)8-5-18-19(34-20(32)30-18)11-14-6-9-31(10-7-14)13-15-3-4-16(22(24,25)26)12-17(15)23(27,28)29/h3-4,11-12,14,33H,5-10,13H2,1-2H3/b19-11-. The van der Waals surface area contributed by atoms with Crippen LogP contribution in [0.2, 0.25) is 0 Å². The minimum Gasteiger partial charge on any atom is -0.390 e. The van der Waals surface area contributed by atoms with Crippen molar-refractivity contribution >= 4 is 22.7 Å². The summed E-state index contributed by atoms with van der Waals surface area (Å²) in [5.41, 5.74) is -3.02. The summed E-state index contributed by atoms with van der Waals surface area (Å²) in [7, 11) is 0. The summed E-state index contributed by atoms with van der Waals surface area (Å²) < 4.78 is 78.9. The third-order valence-corrected chi connectivity index (χ3v) is 6.69. The van der Waals surface area contributed by atoms with E-state index in [9.17, 15) is 36.2 Å². The number of aliphatic imine (C=N–C) groups is 1. The van der Waals surface area contributed by atoms with Gasteiger partial charge in [-0.25, -0.2) is 4.99 Å². The van der Waals surface area contributed by atoms with Crippen LogP contribution in [-0.2, 0) is 18.9 Å². The number of nitrogens with zero attached hydrogens (tertiary/aromatic N) is 2. The number of hydrogen-bond donors (Lipinski definition) is 1. The zero-order chi connectivity index (χ0) is 25.3. The van der Waals surface area contributed by atoms with Crippen LogP contribution in [-0.4, -0.2) is 39.6 Å². The molecule has 2 heterocycles. The van der Waals surface area contributed by atoms with Gasteiger partial charge in [0, 0.05) is 11.4 Å². The van der Waals surface area contributed by atoms with Gasteiger partial charge in [0.15, 0.2) is 0 Å². The van der Waals surface area contributed by atoms with E-state index in [1.807, 2.05) is 6.08 Å². The fourth-order valence-electron chi connectivity index (χ4n) is 3.96. The Balaban J connectivity index is 1.64. The Kier molecular flexibility index (Phi) is 7.89. The van der Waals surface area contributed by atoms with Crippen molar-refractivity contribution in [2.45, 2.75) is 64.0 Å². The van der Waals surface area contributed by atoms with Crippen LogP contribution in [0.4, 0.5) is 31.1 Å². The maximum atomic E-state index is 13.4. The molecule has 1 aromatic carbocycles. The van der Waals surface area contributed by atoms with E-state index in [-0.39, 0.29) is 29.3 Å². The van der Waals surface area contributed by atoms with Crippen molar-refractivity contribution < 1.29 is 36.2 Å². The number of piperidine rings is 1. The summed E-state index contributed by atoms with van der Waals surface area (Å²) in [4.78, 5) is 18.4. The second kappa shape index (κ2) is 10.0. The monoisotopic (exact) mass is 508 g/mol. The Morgan fingerprint density at radius 3 is 2.32 bits per heavy atom. The fourth-order valence-corrected chi connectivity index (χ4v) is 4.83. The van der Waals surface area contributed by atoms with Gasteiger partial charge < -0.3 is 5.11 Å². The second-order valence-electron chi connectivity index (χ2n) is 9.25. The van der Waals surface area contributed by atoms with Crippen molar-refractivity contribution in [1.82, 2.24) is 4.90 Å². The van der Waals surface area contributed by atoms with E-state index in [0.717, 1.165) is 22.7 Å². The SMILES string of the molecule is CC(C)(O)CCC1=NC(=O)S/C1=C\C1CCN(Cc2ccc(C(F)(F)F)cc2C(F)(F)F)CC1. The molecule has 1 fully saturated rings. The molecular formula is C23H26F6N2O2S. The number of halogens is 6. The Morgan fingerprint density at radius 2 is 1.76 bits per heavy atom. The molecule has 0 saturated carbocycles. The first kappa shape index (κ1) is 26.7. The van der Waals surface area contributed by atoms with Gasteiger partial charge >= 0.3 is 17.6 Å². The van der Waals surface area contributed by atoms with Crippen LogP contribution in [0.1, 0.15) is 56.2 Å². The Bertz CT molecular complexity index is 971. The van der Waals surface area contributed by atoms with Gasteiger partial charge in [0.2, 0.25) is 0 Å². The van der Waals surface area contributed by atoms with Crippen molar-refractivity contribution in [3.63, 3.8) is 0 Å². The van der Waals surface area contributed by atoms with Crippen molar-refractivity contribution in [3.05, 3.63) is 45.9 Å². The maximum Gasteiger partial charge on any atom is 0.416 e. The number of alkyl halides is 6. The van der Waals surface area contributed by atoms with Crippen LogP contribution in [0, 0.1) is 5.92 Å². The van der Waals surface area contributed by atoms with E-state index in [0.29, 0.717) is 50.6 Å². The summed E-state index contributed by atoms with van der Waals surface area (Å²) in [6.45, 7) is 4.21. The van der Waals surface area contributed by atoms with E-state index in [1.54, 1.807) is 18.7 Å². The lowest BCUT2D eigenvalue weighted by Crippen LogP contribution is -2.33. The summed E-state index contributed by atoms with van der Waals surface area (Å²) in [5.74, 6) is 0.103. The van der Waals surface area contributed by atoms with E-state index in [2.05, 4.69) is 4.99 Å². The van der Waals surface area contributed by atoms with E-state index in [4.69, 9.17) is 0 Å². The van der Waals surface area contributed by atoms with Gasteiger partial charge in [-0.2, -0.15) is 26.3 Å². The number of benzene rings is 1. The third kappa shape index (κ3) is 7.32. The molecule has 0 spiro atoms. The zero-order valence-corrected chi connectivity index (χ0v) is 19.6. The Morgan fingerprint density at radius 1 is 1.12 bits per heavy atom. The lowest BCUT2D eigenvalue weighted by Gasteiger charge is -2.31. The highest BCUT2D eigenvalue weighted by Crippen LogP contribution is 2.38. The molecule has 1 N–H and O–H groups in total. The molecule has 2 aliphatic rings. The molecule has 4 nitrogen and oxygen atoms in total. The maximum absolute atomic E-state index is 13.4. The predicted octanol–water partition coefficient (Wildman–Crippen LogP) is 6.68. The topological polar surface area (TPSA) is 52.9 Å². The molecule has 1 amide bonds. The number of amides is 1. The second-order valence-corrected chi connectivity index (χ2v) is 10.2. The average Bonchev–Trinajstić information content (AvgIpc) is 3.05. The van der Waals surface area contributed by atoms with Crippen LogP contribution < -0.4 is 0 Å². The van der Waals surface area contributed by atoms with Gasteiger partial charge in [-0.1, -0.05) is 12.1 Å². The molecular weight excluding hydrogens is 482 g/mol. The minimum absolute atomic E-state index is 0.0954. The van der Waals surface area contributed by atoms with E-state index >= 15 is 0 Å². The van der Waals surface area contributed by atoms with E-state index < -0.39 is 29.1 Å². The summed E-state index contributed by atoms with van der Waals surface area (Å²) in [5, 5.41) is 9.62. The van der Waals surface area contributed by atoms with Gasteiger partial charge in [0.25, 0.3) is 0 Å². The normalized spacial score (nSPS) is 20.3. The number of carbonyl (C=O) groups excluding carboxylic acids is 1. The molecule has 0 aliphatic carbocycles. The predicted molar refractivity (Wildman–Crippen MR) is 118 cm³/mol. The van der Waals surface area contributed by atoms with Crippen LogP contribution in [0.25, 0.3) is 0 Å². The number of hydrogen-bond acceptors (Lipinski definition) is 4. The van der Waals surface area contributed by atoms with Crippen LogP contribution in [0.15, 0.2) is 34.2 Å². The molecule has 2 aliphatic heterocycles. The Hall–Kier alpha value is -1.85. The fraction of sp³-hybridized carbons (Fsp3) is 0.565. The lowest BCUT2D eigenvalue weighted by atomic mass is 9.94. The Labute approximate surface area is 198 Å². The van der Waals surface area contributed by atoms with Crippen LogP contribution in [0.5, 0.6) is 0 Å². The van der Waals surface area contributed by atoms with Gasteiger partial charge in [0.05, 0.1) is 22.4 Å². The lowest BCUT2D eigenvalue weighted by molar-refractivity contribution is -0.143. The molecule has 1 aromatic rings. The molecule has 0 aromatic heterocycles. The van der Waals surface area contributed by atoms with Crippen molar-refractivity contribution in [1.29, 1.82) is 0 Å². The summed E-state index contributed by atoms with van der Waals surface area (Å²) in [6, 6.07) is 1.77. The highest BCUT2D eigenvalue weighted by Gasteiger charge is 2.38. The minimum atomic E-state index is -4.88. The molecule has 0 radical (unpaired) electrons. The first-order valence-corrected chi connectivity index (χ1v) is 11.7. The number of carbonyl (C=O) groups is 1. The smallest absolute Gasteiger partial charge is 0.390 e. The van der Waals surface area contributed by atoms with Crippen LogP contribution >= 0.6 is 11.8 Å². The molecule has 34 heavy (non-hydrogen) atoms. The van der Waals surface area contributed by atoms with Gasteiger partial charge in [-0.3, -0.25) is 9.69 Å². The molecule has 188 valence electrons. The van der Waals surface area contributed by atoms with E-state index in [1.165, 1.54) is 0 Å². The molecule has 11 heteroatoms.